The van der Waals surface area contributed by atoms with Gasteiger partial charge in [-0.25, -0.2) is 0 Å². The maximum atomic E-state index is 11.9. The summed E-state index contributed by atoms with van der Waals surface area (Å²) in [6.07, 6.45) is 5.64. The maximum Gasteiger partial charge on any atom is 0.221 e. The molecule has 0 saturated carbocycles. The molecule has 0 spiro atoms. The Balaban J connectivity index is 1.70. The van der Waals surface area contributed by atoms with Gasteiger partial charge in [-0.1, -0.05) is 20.3 Å². The van der Waals surface area contributed by atoms with Gasteiger partial charge in [0, 0.05) is 37.6 Å². The molecule has 18 heavy (non-hydrogen) atoms. The summed E-state index contributed by atoms with van der Waals surface area (Å²) in [6.45, 7) is 7.39. The van der Waals surface area contributed by atoms with E-state index in [9.17, 15) is 4.79 Å². The lowest BCUT2D eigenvalue weighted by Gasteiger charge is -2.32. The fraction of sp³-hybridized carbons (Fsp3) is 0.929. The highest BCUT2D eigenvalue weighted by Crippen LogP contribution is 2.27. The van der Waals surface area contributed by atoms with Crippen molar-refractivity contribution in [3.05, 3.63) is 0 Å². The fourth-order valence-electron chi connectivity index (χ4n) is 3.17. The number of carbonyl (C=O) groups excluding carboxylic acids is 1. The molecule has 2 aliphatic rings. The number of piperidine rings is 1. The molecule has 0 aromatic heterocycles. The zero-order chi connectivity index (χ0) is 13.0. The number of fused-ring (bicyclic) bond motifs is 1. The monoisotopic (exact) mass is 253 g/mol. The summed E-state index contributed by atoms with van der Waals surface area (Å²) in [4.78, 5) is 14.4. The summed E-state index contributed by atoms with van der Waals surface area (Å²) in [5.41, 5.74) is 0. The van der Waals surface area contributed by atoms with Crippen molar-refractivity contribution in [3.8, 4) is 0 Å². The van der Waals surface area contributed by atoms with E-state index in [2.05, 4.69) is 29.4 Å². The number of amides is 1. The SMILES string of the molecule is CC(C)NCCC(=O)NC1CCN2CCCCC12. The van der Waals surface area contributed by atoms with Gasteiger partial charge < -0.3 is 10.6 Å². The topological polar surface area (TPSA) is 44.4 Å². The summed E-state index contributed by atoms with van der Waals surface area (Å²) < 4.78 is 0. The van der Waals surface area contributed by atoms with Crippen LogP contribution in [-0.2, 0) is 4.79 Å². The van der Waals surface area contributed by atoms with Crippen molar-refractivity contribution < 1.29 is 4.79 Å². The zero-order valence-corrected chi connectivity index (χ0v) is 11.7. The van der Waals surface area contributed by atoms with E-state index < -0.39 is 0 Å². The van der Waals surface area contributed by atoms with Gasteiger partial charge in [-0.05, 0) is 25.8 Å². The van der Waals surface area contributed by atoms with Crippen LogP contribution in [0.5, 0.6) is 0 Å². The molecular formula is C14H27N3O. The van der Waals surface area contributed by atoms with Crippen LogP contribution < -0.4 is 10.6 Å². The molecule has 2 aliphatic heterocycles. The minimum Gasteiger partial charge on any atom is -0.352 e. The predicted molar refractivity (Wildman–Crippen MR) is 73.5 cm³/mol. The fourth-order valence-corrected chi connectivity index (χ4v) is 3.17. The molecule has 4 heteroatoms. The molecule has 104 valence electrons. The number of hydrogen-bond donors (Lipinski definition) is 2. The molecule has 2 N–H and O–H groups in total. The van der Waals surface area contributed by atoms with Gasteiger partial charge in [0.1, 0.15) is 0 Å². The molecule has 2 rings (SSSR count). The van der Waals surface area contributed by atoms with Crippen LogP contribution in [0.4, 0.5) is 0 Å². The van der Waals surface area contributed by atoms with Gasteiger partial charge in [0.05, 0.1) is 0 Å². The normalized spacial score (nSPS) is 28.4. The summed E-state index contributed by atoms with van der Waals surface area (Å²) >= 11 is 0. The second-order valence-electron chi connectivity index (χ2n) is 5.92. The summed E-state index contributed by atoms with van der Waals surface area (Å²) in [5, 5.41) is 6.52. The number of nitrogens with one attached hydrogen (secondary N) is 2. The third-order valence-corrected chi connectivity index (χ3v) is 4.11. The van der Waals surface area contributed by atoms with Crippen LogP contribution >= 0.6 is 0 Å². The van der Waals surface area contributed by atoms with Crippen molar-refractivity contribution in [3.63, 3.8) is 0 Å². The quantitative estimate of drug-likeness (QED) is 0.771. The smallest absolute Gasteiger partial charge is 0.221 e. The molecule has 0 aromatic rings. The van der Waals surface area contributed by atoms with E-state index in [4.69, 9.17) is 0 Å². The van der Waals surface area contributed by atoms with E-state index in [1.165, 1.54) is 32.4 Å². The standard InChI is InChI=1S/C14H27N3O/c1-11(2)15-8-6-14(18)16-12-7-10-17-9-4-3-5-13(12)17/h11-13,15H,3-10H2,1-2H3,(H,16,18). The van der Waals surface area contributed by atoms with Crippen molar-refractivity contribution in [1.82, 2.24) is 15.5 Å². The van der Waals surface area contributed by atoms with E-state index in [0.717, 1.165) is 13.0 Å². The Morgan fingerprint density at radius 2 is 2.11 bits per heavy atom. The molecular weight excluding hydrogens is 226 g/mol. The Labute approximate surface area is 110 Å². The van der Waals surface area contributed by atoms with E-state index >= 15 is 0 Å². The average Bonchev–Trinajstić information content (AvgIpc) is 2.72. The van der Waals surface area contributed by atoms with Crippen LogP contribution in [0.15, 0.2) is 0 Å². The van der Waals surface area contributed by atoms with E-state index in [0.29, 0.717) is 24.5 Å². The molecule has 0 aromatic carbocycles. The molecule has 0 bridgehead atoms. The molecule has 2 saturated heterocycles. The highest BCUT2D eigenvalue weighted by atomic mass is 16.1. The molecule has 0 radical (unpaired) electrons. The van der Waals surface area contributed by atoms with Crippen molar-refractivity contribution in [2.45, 2.75) is 64.1 Å². The first-order chi connectivity index (χ1) is 8.66. The Hall–Kier alpha value is -0.610. The van der Waals surface area contributed by atoms with Gasteiger partial charge in [0.25, 0.3) is 0 Å². The van der Waals surface area contributed by atoms with Crippen molar-refractivity contribution in [2.75, 3.05) is 19.6 Å². The number of rotatable bonds is 5. The third kappa shape index (κ3) is 3.69. The lowest BCUT2D eigenvalue weighted by molar-refractivity contribution is -0.121. The Morgan fingerprint density at radius 1 is 1.28 bits per heavy atom. The molecule has 2 heterocycles. The van der Waals surface area contributed by atoms with Crippen LogP contribution in [0.2, 0.25) is 0 Å². The van der Waals surface area contributed by atoms with Crippen LogP contribution in [0.1, 0.15) is 46.0 Å². The van der Waals surface area contributed by atoms with E-state index in [1.807, 2.05) is 0 Å². The average molecular weight is 253 g/mol. The van der Waals surface area contributed by atoms with E-state index in [1.54, 1.807) is 0 Å². The Kier molecular flexibility index (Phi) is 5.01. The van der Waals surface area contributed by atoms with Gasteiger partial charge in [0.15, 0.2) is 0 Å². The summed E-state index contributed by atoms with van der Waals surface area (Å²) in [7, 11) is 0. The number of hydrogen-bond acceptors (Lipinski definition) is 3. The second-order valence-corrected chi connectivity index (χ2v) is 5.92. The molecule has 1 amide bonds. The molecule has 0 aliphatic carbocycles. The van der Waals surface area contributed by atoms with Gasteiger partial charge in [-0.15, -0.1) is 0 Å². The Bertz CT molecular complexity index is 280. The summed E-state index contributed by atoms with van der Waals surface area (Å²) in [5.74, 6) is 0.209. The molecule has 2 fully saturated rings. The highest BCUT2D eigenvalue weighted by Gasteiger charge is 2.35. The zero-order valence-electron chi connectivity index (χ0n) is 11.7. The minimum atomic E-state index is 0.209. The van der Waals surface area contributed by atoms with Gasteiger partial charge in [-0.3, -0.25) is 9.69 Å². The van der Waals surface area contributed by atoms with Crippen LogP contribution in [-0.4, -0.2) is 48.6 Å². The van der Waals surface area contributed by atoms with Gasteiger partial charge in [-0.2, -0.15) is 0 Å². The van der Waals surface area contributed by atoms with Crippen molar-refractivity contribution in [2.24, 2.45) is 0 Å². The molecule has 4 nitrogen and oxygen atoms in total. The second kappa shape index (κ2) is 6.53. The summed E-state index contributed by atoms with van der Waals surface area (Å²) in [6, 6.07) is 1.47. The Morgan fingerprint density at radius 3 is 2.89 bits per heavy atom. The predicted octanol–water partition coefficient (Wildman–Crippen LogP) is 1.12. The minimum absolute atomic E-state index is 0.209. The lowest BCUT2D eigenvalue weighted by atomic mass is 9.99. The first-order valence-corrected chi connectivity index (χ1v) is 7.43. The van der Waals surface area contributed by atoms with E-state index in [-0.39, 0.29) is 5.91 Å². The first kappa shape index (κ1) is 13.8. The molecule has 2 unspecified atom stereocenters. The number of carbonyl (C=O) groups is 1. The van der Waals surface area contributed by atoms with Gasteiger partial charge >= 0.3 is 0 Å². The van der Waals surface area contributed by atoms with Crippen molar-refractivity contribution >= 4 is 5.91 Å². The highest BCUT2D eigenvalue weighted by molar-refractivity contribution is 5.76. The number of nitrogens with zero attached hydrogens (tertiary/aromatic N) is 1. The van der Waals surface area contributed by atoms with Crippen molar-refractivity contribution in [1.29, 1.82) is 0 Å². The van der Waals surface area contributed by atoms with Crippen LogP contribution in [0, 0.1) is 0 Å². The molecule has 2 atom stereocenters. The maximum absolute atomic E-state index is 11.9. The lowest BCUT2D eigenvalue weighted by Crippen LogP contribution is -2.47. The third-order valence-electron chi connectivity index (χ3n) is 4.11. The largest absolute Gasteiger partial charge is 0.352 e. The van der Waals surface area contributed by atoms with Gasteiger partial charge in [0.2, 0.25) is 5.91 Å². The van der Waals surface area contributed by atoms with Crippen LogP contribution in [0.3, 0.4) is 0 Å². The van der Waals surface area contributed by atoms with Crippen LogP contribution in [0.25, 0.3) is 0 Å². The first-order valence-electron chi connectivity index (χ1n) is 7.43.